The number of nitrogens with two attached hydrogens (primary N) is 1. The van der Waals surface area contributed by atoms with E-state index in [9.17, 15) is 4.79 Å². The van der Waals surface area contributed by atoms with Crippen LogP contribution in [0.4, 0.5) is 11.4 Å². The molecule has 0 aliphatic heterocycles. The van der Waals surface area contributed by atoms with Crippen LogP contribution in [0, 0.1) is 0 Å². The van der Waals surface area contributed by atoms with Crippen LogP contribution in [0.15, 0.2) is 18.2 Å². The maximum Gasteiger partial charge on any atom is 0.226 e. The van der Waals surface area contributed by atoms with Gasteiger partial charge in [-0.05, 0) is 24.6 Å². The summed E-state index contributed by atoms with van der Waals surface area (Å²) in [5.74, 6) is -0.147. The number of anilines is 2. The van der Waals surface area contributed by atoms with E-state index in [0.717, 1.165) is 13.0 Å². The van der Waals surface area contributed by atoms with Crippen LogP contribution in [0.1, 0.15) is 19.8 Å². The summed E-state index contributed by atoms with van der Waals surface area (Å²) in [4.78, 5) is 11.7. The Morgan fingerprint density at radius 2 is 1.95 bits per heavy atom. The summed E-state index contributed by atoms with van der Waals surface area (Å²) < 4.78 is 10.6. The third kappa shape index (κ3) is 6.75. The quantitative estimate of drug-likeness (QED) is 0.543. The first kappa shape index (κ1) is 16.8. The van der Waals surface area contributed by atoms with Crippen LogP contribution in [0.25, 0.3) is 0 Å². The van der Waals surface area contributed by atoms with Gasteiger partial charge in [-0.25, -0.2) is 0 Å². The highest BCUT2D eigenvalue weighted by atomic mass is 35.5. The van der Waals surface area contributed by atoms with Crippen molar-refractivity contribution in [3.05, 3.63) is 23.2 Å². The number of carbonyl (C=O) groups excluding carboxylic acids is 1. The van der Waals surface area contributed by atoms with Gasteiger partial charge in [0.2, 0.25) is 5.91 Å². The molecule has 1 rings (SSSR count). The van der Waals surface area contributed by atoms with E-state index in [0.29, 0.717) is 36.2 Å². The van der Waals surface area contributed by atoms with Crippen LogP contribution in [-0.2, 0) is 14.3 Å². The summed E-state index contributed by atoms with van der Waals surface area (Å²) in [6, 6.07) is 4.96. The zero-order chi connectivity index (χ0) is 14.8. The number of hydrogen-bond acceptors (Lipinski definition) is 4. The molecule has 0 unspecified atom stereocenters. The molecule has 0 radical (unpaired) electrons. The van der Waals surface area contributed by atoms with Crippen LogP contribution < -0.4 is 11.1 Å². The fourth-order valence-corrected chi connectivity index (χ4v) is 1.71. The zero-order valence-electron chi connectivity index (χ0n) is 11.7. The number of hydrogen-bond donors (Lipinski definition) is 2. The van der Waals surface area contributed by atoms with E-state index in [-0.39, 0.29) is 12.3 Å². The minimum Gasteiger partial charge on any atom is -0.399 e. The van der Waals surface area contributed by atoms with E-state index in [4.69, 9.17) is 26.8 Å². The monoisotopic (exact) mass is 300 g/mol. The molecule has 6 heteroatoms. The van der Waals surface area contributed by atoms with E-state index >= 15 is 0 Å². The van der Waals surface area contributed by atoms with Crippen molar-refractivity contribution >= 4 is 28.9 Å². The SMILES string of the molecule is CCCOCCOCCC(=O)Nc1ccc(N)cc1Cl. The lowest BCUT2D eigenvalue weighted by Gasteiger charge is -2.08. The van der Waals surface area contributed by atoms with Gasteiger partial charge in [0.05, 0.1) is 37.0 Å². The van der Waals surface area contributed by atoms with Crippen molar-refractivity contribution in [3.8, 4) is 0 Å². The van der Waals surface area contributed by atoms with Crippen LogP contribution >= 0.6 is 11.6 Å². The molecule has 0 aliphatic carbocycles. The van der Waals surface area contributed by atoms with Crippen molar-refractivity contribution in [2.45, 2.75) is 19.8 Å². The Kier molecular flexibility index (Phi) is 8.02. The Hall–Kier alpha value is -1.30. The van der Waals surface area contributed by atoms with E-state index in [1.807, 2.05) is 6.92 Å². The lowest BCUT2D eigenvalue weighted by atomic mass is 10.2. The van der Waals surface area contributed by atoms with Gasteiger partial charge < -0.3 is 20.5 Å². The maximum absolute atomic E-state index is 11.7. The lowest BCUT2D eigenvalue weighted by Crippen LogP contribution is -2.15. The van der Waals surface area contributed by atoms with Crippen LogP contribution in [0.3, 0.4) is 0 Å². The van der Waals surface area contributed by atoms with Crippen molar-refractivity contribution in [2.24, 2.45) is 0 Å². The van der Waals surface area contributed by atoms with Gasteiger partial charge >= 0.3 is 0 Å². The Morgan fingerprint density at radius 3 is 2.60 bits per heavy atom. The summed E-state index contributed by atoms with van der Waals surface area (Å²) in [5, 5.41) is 3.13. The molecule has 1 aromatic carbocycles. The van der Waals surface area contributed by atoms with Crippen molar-refractivity contribution in [3.63, 3.8) is 0 Å². The minimum atomic E-state index is -0.147. The maximum atomic E-state index is 11.7. The number of carbonyl (C=O) groups is 1. The van der Waals surface area contributed by atoms with Crippen LogP contribution in [0.5, 0.6) is 0 Å². The van der Waals surface area contributed by atoms with Gasteiger partial charge in [-0.15, -0.1) is 0 Å². The van der Waals surface area contributed by atoms with Crippen molar-refractivity contribution in [1.82, 2.24) is 0 Å². The molecule has 0 aliphatic rings. The first-order valence-corrected chi connectivity index (χ1v) is 7.01. The molecule has 5 nitrogen and oxygen atoms in total. The summed E-state index contributed by atoms with van der Waals surface area (Å²) in [6.07, 6.45) is 1.26. The highest BCUT2D eigenvalue weighted by Crippen LogP contribution is 2.23. The molecule has 1 amide bonds. The molecular weight excluding hydrogens is 280 g/mol. The standard InChI is InChI=1S/C14H21ClN2O3/c1-2-6-19-8-9-20-7-5-14(18)17-13-4-3-11(16)10-12(13)15/h3-4,10H,2,5-9,16H2,1H3,(H,17,18). The second-order valence-electron chi connectivity index (χ2n) is 4.26. The van der Waals surface area contributed by atoms with E-state index in [2.05, 4.69) is 5.32 Å². The first-order chi connectivity index (χ1) is 9.63. The van der Waals surface area contributed by atoms with Gasteiger partial charge in [0, 0.05) is 12.3 Å². The number of halogens is 1. The number of nitrogens with one attached hydrogen (secondary N) is 1. The third-order valence-corrected chi connectivity index (χ3v) is 2.77. The molecule has 1 aromatic rings. The first-order valence-electron chi connectivity index (χ1n) is 6.64. The van der Waals surface area contributed by atoms with E-state index < -0.39 is 0 Å². The molecule has 0 heterocycles. The Morgan fingerprint density at radius 1 is 1.25 bits per heavy atom. The molecule has 0 aromatic heterocycles. The Bertz CT molecular complexity index is 427. The predicted octanol–water partition coefficient (Wildman–Crippen LogP) is 2.69. The number of nitrogen functional groups attached to an aromatic ring is 1. The number of ether oxygens (including phenoxy) is 2. The number of benzene rings is 1. The van der Waals surface area contributed by atoms with Crippen LogP contribution in [0.2, 0.25) is 5.02 Å². The summed E-state index contributed by atoms with van der Waals surface area (Å²) in [6.45, 7) is 4.19. The molecule has 0 spiro atoms. The Labute approximate surface area is 124 Å². The molecule has 0 fully saturated rings. The van der Waals surface area contributed by atoms with Crippen molar-refractivity contribution in [1.29, 1.82) is 0 Å². The Balaban J connectivity index is 2.17. The molecule has 0 atom stereocenters. The lowest BCUT2D eigenvalue weighted by molar-refractivity contribution is -0.117. The van der Waals surface area contributed by atoms with Gasteiger partial charge in [0.1, 0.15) is 0 Å². The fraction of sp³-hybridized carbons (Fsp3) is 0.500. The average Bonchev–Trinajstić information content (AvgIpc) is 2.41. The van der Waals surface area contributed by atoms with Gasteiger partial charge in [-0.3, -0.25) is 4.79 Å². The predicted molar refractivity (Wildman–Crippen MR) is 81.0 cm³/mol. The summed E-state index contributed by atoms with van der Waals surface area (Å²) >= 11 is 5.96. The van der Waals surface area contributed by atoms with E-state index in [1.165, 1.54) is 0 Å². The second-order valence-corrected chi connectivity index (χ2v) is 4.67. The van der Waals surface area contributed by atoms with Gasteiger partial charge in [0.25, 0.3) is 0 Å². The summed E-state index contributed by atoms with van der Waals surface area (Å²) in [5.41, 5.74) is 6.69. The number of rotatable bonds is 9. The zero-order valence-corrected chi connectivity index (χ0v) is 12.4. The second kappa shape index (κ2) is 9.58. The van der Waals surface area contributed by atoms with Crippen LogP contribution in [-0.4, -0.2) is 32.3 Å². The number of amides is 1. The molecule has 0 saturated carbocycles. The largest absolute Gasteiger partial charge is 0.399 e. The minimum absolute atomic E-state index is 0.147. The third-order valence-electron chi connectivity index (χ3n) is 2.46. The van der Waals surface area contributed by atoms with Gasteiger partial charge in [-0.2, -0.15) is 0 Å². The van der Waals surface area contributed by atoms with Gasteiger partial charge in [0.15, 0.2) is 0 Å². The summed E-state index contributed by atoms with van der Waals surface area (Å²) in [7, 11) is 0. The van der Waals surface area contributed by atoms with E-state index in [1.54, 1.807) is 18.2 Å². The molecule has 0 bridgehead atoms. The highest BCUT2D eigenvalue weighted by molar-refractivity contribution is 6.34. The molecule has 20 heavy (non-hydrogen) atoms. The smallest absolute Gasteiger partial charge is 0.226 e. The normalized spacial score (nSPS) is 10.5. The van der Waals surface area contributed by atoms with Crippen molar-refractivity contribution < 1.29 is 14.3 Å². The highest BCUT2D eigenvalue weighted by Gasteiger charge is 2.06. The fourth-order valence-electron chi connectivity index (χ4n) is 1.48. The average molecular weight is 301 g/mol. The van der Waals surface area contributed by atoms with Crippen molar-refractivity contribution in [2.75, 3.05) is 37.5 Å². The molecule has 3 N–H and O–H groups in total. The molecule has 112 valence electrons. The topological polar surface area (TPSA) is 73.6 Å². The molecule has 0 saturated heterocycles. The molecular formula is C14H21ClN2O3. The van der Waals surface area contributed by atoms with Gasteiger partial charge in [-0.1, -0.05) is 18.5 Å².